The molecule has 1 aromatic rings. The summed E-state index contributed by atoms with van der Waals surface area (Å²) in [5.74, 6) is 7.62. The molecule has 2 nitrogen and oxygen atoms in total. The van der Waals surface area contributed by atoms with Gasteiger partial charge < -0.3 is 4.74 Å². The highest BCUT2D eigenvalue weighted by Crippen LogP contribution is 2.23. The van der Waals surface area contributed by atoms with E-state index in [1.54, 1.807) is 7.11 Å². The summed E-state index contributed by atoms with van der Waals surface area (Å²) >= 11 is 0. The second-order valence-electron chi connectivity index (χ2n) is 3.82. The molecule has 0 N–H and O–H groups in total. The van der Waals surface area contributed by atoms with E-state index in [1.807, 2.05) is 18.2 Å². The standard InChI is InChI=1S/C13H15NO/c1-15-13-8-4-7-12(14-13)10-9-11-5-2-3-6-11/h4,7-8,11H,2-3,5-6H2,1H3. The van der Waals surface area contributed by atoms with Gasteiger partial charge in [-0.2, -0.15) is 0 Å². The summed E-state index contributed by atoms with van der Waals surface area (Å²) in [6.45, 7) is 0. The summed E-state index contributed by atoms with van der Waals surface area (Å²) in [6.07, 6.45) is 5.14. The summed E-state index contributed by atoms with van der Waals surface area (Å²) in [7, 11) is 1.62. The minimum Gasteiger partial charge on any atom is -0.481 e. The molecule has 0 saturated heterocycles. The highest BCUT2D eigenvalue weighted by Gasteiger charge is 2.11. The van der Waals surface area contributed by atoms with Crippen molar-refractivity contribution in [3.8, 4) is 17.7 Å². The van der Waals surface area contributed by atoms with E-state index in [-0.39, 0.29) is 0 Å². The van der Waals surface area contributed by atoms with Gasteiger partial charge in [0.1, 0.15) is 5.69 Å². The number of hydrogen-bond acceptors (Lipinski definition) is 2. The van der Waals surface area contributed by atoms with E-state index in [1.165, 1.54) is 25.7 Å². The maximum absolute atomic E-state index is 5.05. The average Bonchev–Trinajstić information content (AvgIpc) is 2.79. The van der Waals surface area contributed by atoms with Crippen molar-refractivity contribution in [3.63, 3.8) is 0 Å². The number of pyridine rings is 1. The molecule has 1 aromatic heterocycles. The lowest BCUT2D eigenvalue weighted by Crippen LogP contribution is -1.91. The van der Waals surface area contributed by atoms with Gasteiger partial charge in [0.15, 0.2) is 0 Å². The van der Waals surface area contributed by atoms with Crippen molar-refractivity contribution in [2.75, 3.05) is 7.11 Å². The minimum absolute atomic E-state index is 0.581. The Kier molecular flexibility index (Phi) is 3.24. The van der Waals surface area contributed by atoms with Gasteiger partial charge in [-0.1, -0.05) is 24.8 Å². The van der Waals surface area contributed by atoms with Crippen LogP contribution >= 0.6 is 0 Å². The van der Waals surface area contributed by atoms with Crippen LogP contribution in [0.2, 0.25) is 0 Å². The van der Waals surface area contributed by atoms with Crippen molar-refractivity contribution in [1.82, 2.24) is 4.98 Å². The lowest BCUT2D eigenvalue weighted by molar-refractivity contribution is 0.397. The van der Waals surface area contributed by atoms with E-state index in [2.05, 4.69) is 16.8 Å². The van der Waals surface area contributed by atoms with Gasteiger partial charge in [-0.05, 0) is 24.8 Å². The molecule has 0 unspecified atom stereocenters. The monoisotopic (exact) mass is 201 g/mol. The number of rotatable bonds is 1. The zero-order valence-electron chi connectivity index (χ0n) is 8.99. The Morgan fingerprint density at radius 3 is 2.87 bits per heavy atom. The number of nitrogens with zero attached hydrogens (tertiary/aromatic N) is 1. The van der Waals surface area contributed by atoms with E-state index in [4.69, 9.17) is 4.74 Å². The largest absolute Gasteiger partial charge is 0.481 e. The molecule has 0 spiro atoms. The van der Waals surface area contributed by atoms with Crippen LogP contribution in [0.3, 0.4) is 0 Å². The van der Waals surface area contributed by atoms with Crippen molar-refractivity contribution >= 4 is 0 Å². The predicted octanol–water partition coefficient (Wildman–Crippen LogP) is 2.63. The first-order valence-electron chi connectivity index (χ1n) is 5.41. The fraction of sp³-hybridized carbons (Fsp3) is 0.462. The van der Waals surface area contributed by atoms with E-state index in [0.29, 0.717) is 11.8 Å². The van der Waals surface area contributed by atoms with Gasteiger partial charge in [0.25, 0.3) is 0 Å². The van der Waals surface area contributed by atoms with E-state index >= 15 is 0 Å². The summed E-state index contributed by atoms with van der Waals surface area (Å²) in [4.78, 5) is 4.26. The van der Waals surface area contributed by atoms with Crippen molar-refractivity contribution in [3.05, 3.63) is 23.9 Å². The van der Waals surface area contributed by atoms with Crippen LogP contribution in [0.1, 0.15) is 31.4 Å². The molecule has 1 saturated carbocycles. The molecule has 15 heavy (non-hydrogen) atoms. The van der Waals surface area contributed by atoms with Crippen molar-refractivity contribution in [2.45, 2.75) is 25.7 Å². The molecular formula is C13H15NO. The summed E-state index contributed by atoms with van der Waals surface area (Å²) < 4.78 is 5.05. The van der Waals surface area contributed by atoms with Gasteiger partial charge >= 0.3 is 0 Å². The maximum Gasteiger partial charge on any atom is 0.214 e. The zero-order chi connectivity index (χ0) is 10.5. The molecule has 1 aliphatic rings. The number of hydrogen-bond donors (Lipinski definition) is 0. The Morgan fingerprint density at radius 1 is 1.33 bits per heavy atom. The van der Waals surface area contributed by atoms with Crippen molar-refractivity contribution < 1.29 is 4.74 Å². The summed E-state index contributed by atoms with van der Waals surface area (Å²) in [5.41, 5.74) is 0.807. The quantitative estimate of drug-likeness (QED) is 0.652. The molecule has 1 aliphatic carbocycles. The van der Waals surface area contributed by atoms with Crippen LogP contribution in [-0.4, -0.2) is 12.1 Å². The third kappa shape index (κ3) is 2.73. The Labute approximate surface area is 90.7 Å². The van der Waals surface area contributed by atoms with Crippen LogP contribution in [0.4, 0.5) is 0 Å². The second kappa shape index (κ2) is 4.84. The number of aromatic nitrogens is 1. The van der Waals surface area contributed by atoms with Crippen LogP contribution < -0.4 is 4.74 Å². The van der Waals surface area contributed by atoms with E-state index in [0.717, 1.165) is 5.69 Å². The molecule has 0 radical (unpaired) electrons. The molecule has 78 valence electrons. The first-order valence-corrected chi connectivity index (χ1v) is 5.41. The van der Waals surface area contributed by atoms with E-state index in [9.17, 15) is 0 Å². The first-order chi connectivity index (χ1) is 7.38. The number of ether oxygens (including phenoxy) is 1. The van der Waals surface area contributed by atoms with Crippen LogP contribution in [-0.2, 0) is 0 Å². The van der Waals surface area contributed by atoms with Crippen LogP contribution in [0, 0.1) is 17.8 Å². The highest BCUT2D eigenvalue weighted by atomic mass is 16.5. The van der Waals surface area contributed by atoms with Crippen molar-refractivity contribution in [2.24, 2.45) is 5.92 Å². The SMILES string of the molecule is COc1cccc(C#CC2CCCC2)n1. The van der Waals surface area contributed by atoms with Crippen LogP contribution in [0.25, 0.3) is 0 Å². The molecular weight excluding hydrogens is 186 g/mol. The summed E-state index contributed by atoms with van der Waals surface area (Å²) in [6, 6.07) is 5.68. The third-order valence-electron chi connectivity index (χ3n) is 2.69. The van der Waals surface area contributed by atoms with Crippen LogP contribution in [0.5, 0.6) is 5.88 Å². The fourth-order valence-corrected chi connectivity index (χ4v) is 1.84. The molecule has 0 amide bonds. The first kappa shape index (κ1) is 10.0. The van der Waals surface area contributed by atoms with Gasteiger partial charge in [-0.25, -0.2) is 4.98 Å². The Morgan fingerprint density at radius 2 is 2.13 bits per heavy atom. The average molecular weight is 201 g/mol. The molecule has 2 heteroatoms. The second-order valence-corrected chi connectivity index (χ2v) is 3.82. The molecule has 0 aromatic carbocycles. The Balaban J connectivity index is 2.08. The molecule has 1 heterocycles. The molecule has 1 fully saturated rings. The van der Waals surface area contributed by atoms with Gasteiger partial charge in [0.2, 0.25) is 5.88 Å². The molecule has 0 aliphatic heterocycles. The molecule has 2 rings (SSSR count). The molecule has 0 atom stereocenters. The normalized spacial score (nSPS) is 15.8. The maximum atomic E-state index is 5.05. The van der Waals surface area contributed by atoms with Gasteiger partial charge in [0.05, 0.1) is 7.11 Å². The lowest BCUT2D eigenvalue weighted by atomic mass is 10.1. The lowest BCUT2D eigenvalue weighted by Gasteiger charge is -1.98. The smallest absolute Gasteiger partial charge is 0.214 e. The van der Waals surface area contributed by atoms with Crippen molar-refractivity contribution in [1.29, 1.82) is 0 Å². The van der Waals surface area contributed by atoms with Crippen LogP contribution in [0.15, 0.2) is 18.2 Å². The Bertz CT molecular complexity index is 383. The highest BCUT2D eigenvalue weighted by molar-refractivity contribution is 5.31. The minimum atomic E-state index is 0.581. The van der Waals surface area contributed by atoms with Gasteiger partial charge in [0, 0.05) is 12.0 Å². The van der Waals surface area contributed by atoms with Gasteiger partial charge in [-0.3, -0.25) is 0 Å². The third-order valence-corrected chi connectivity index (χ3v) is 2.69. The molecule has 0 bridgehead atoms. The summed E-state index contributed by atoms with van der Waals surface area (Å²) in [5, 5.41) is 0. The number of methoxy groups -OCH3 is 1. The van der Waals surface area contributed by atoms with E-state index < -0.39 is 0 Å². The fourth-order valence-electron chi connectivity index (χ4n) is 1.84. The Hall–Kier alpha value is -1.49. The topological polar surface area (TPSA) is 22.1 Å². The predicted molar refractivity (Wildman–Crippen MR) is 59.6 cm³/mol. The zero-order valence-corrected chi connectivity index (χ0v) is 8.99. The van der Waals surface area contributed by atoms with Gasteiger partial charge in [-0.15, -0.1) is 0 Å².